The van der Waals surface area contributed by atoms with E-state index in [0.717, 1.165) is 0 Å². The van der Waals surface area contributed by atoms with Gasteiger partial charge >= 0.3 is 14.1 Å². The Bertz CT molecular complexity index is 232. The first-order chi connectivity index (χ1) is 6.04. The average Bonchev–Trinajstić information content (AvgIpc) is 2.04. The van der Waals surface area contributed by atoms with Gasteiger partial charge < -0.3 is 15.8 Å². The molecule has 72 valence electrons. The number of carbonyl (C=O) groups excluding carboxylic acids is 2. The molecule has 0 radical (unpaired) electrons. The van der Waals surface area contributed by atoms with Crippen LogP contribution in [0.1, 0.15) is 0 Å². The summed E-state index contributed by atoms with van der Waals surface area (Å²) in [6.45, 7) is 0. The smallest absolute Gasteiger partial charge is 0.495 e. The number of hydrazine groups is 1. The molecule has 2 amide bonds. The molecule has 0 aromatic heterocycles. The zero-order valence-electron chi connectivity index (χ0n) is 7.25. The summed E-state index contributed by atoms with van der Waals surface area (Å²) >= 11 is -3.16. The van der Waals surface area contributed by atoms with Crippen molar-refractivity contribution in [3.05, 3.63) is 0 Å². The van der Waals surface area contributed by atoms with E-state index in [4.69, 9.17) is 5.11 Å². The molecular formula is C5H10AlN3O4. The van der Waals surface area contributed by atoms with E-state index in [1.165, 1.54) is 14.1 Å². The van der Waals surface area contributed by atoms with Gasteiger partial charge in [0.2, 0.25) is 4.83 Å². The van der Waals surface area contributed by atoms with E-state index in [1.54, 1.807) is 0 Å². The Morgan fingerprint density at radius 2 is 1.69 bits per heavy atom. The second-order valence-electron chi connectivity index (χ2n) is 2.12. The molecular weight excluding hydrogens is 193 g/mol. The maximum absolute atomic E-state index is 11.0. The molecule has 4 N–H and O–H groups in total. The predicted molar refractivity (Wildman–Crippen MR) is 45.8 cm³/mol. The predicted octanol–water partition coefficient (Wildman–Crippen LogP) is -0.912. The molecule has 7 nitrogen and oxygen atoms in total. The lowest BCUT2D eigenvalue weighted by Gasteiger charge is -2.05. The molecule has 0 heterocycles. The van der Waals surface area contributed by atoms with Crippen LogP contribution in [0.5, 0.6) is 0 Å². The second-order valence-corrected chi connectivity index (χ2v) is 4.53. The van der Waals surface area contributed by atoms with Crippen LogP contribution >= 0.6 is 0 Å². The molecule has 0 atom stereocenters. The van der Waals surface area contributed by atoms with Gasteiger partial charge in [0, 0.05) is 14.1 Å². The van der Waals surface area contributed by atoms with Gasteiger partial charge in [-0.05, 0) is 0 Å². The molecule has 0 bridgehead atoms. The van der Waals surface area contributed by atoms with Gasteiger partial charge in [-0.2, -0.15) is 0 Å². The molecule has 0 rings (SSSR count). The van der Waals surface area contributed by atoms with Crippen molar-refractivity contribution in [3.63, 3.8) is 0 Å². The number of hydrogen-bond acceptors (Lipinski definition) is 4. The maximum atomic E-state index is 11.0. The molecule has 0 unspecified atom stereocenters. The summed E-state index contributed by atoms with van der Waals surface area (Å²) in [6.07, 6.45) is 0. The standard InChI is InChI=1S/C2H5N2O.C2H4NO.CHO2.Al/c1-3-4-2-5;1-3-2-4;2-1-3;/h3H,1H3,(H,4,5);1H3,(H,3,4);(H,2,3);. The van der Waals surface area contributed by atoms with Gasteiger partial charge in [0.05, 0.1) is 0 Å². The van der Waals surface area contributed by atoms with Crippen molar-refractivity contribution in [1.29, 1.82) is 0 Å². The van der Waals surface area contributed by atoms with Crippen molar-refractivity contribution >= 4 is 28.5 Å². The zero-order chi connectivity index (χ0) is 10.4. The Balaban J connectivity index is 4.51. The van der Waals surface area contributed by atoms with Crippen LogP contribution < -0.4 is 16.2 Å². The monoisotopic (exact) mass is 203 g/mol. The molecule has 0 aliphatic carbocycles. The van der Waals surface area contributed by atoms with Crippen LogP contribution in [0.2, 0.25) is 0 Å². The number of nitrogens with one attached hydrogen (secondary N) is 3. The minimum Gasteiger partial charge on any atom is -0.495 e. The van der Waals surface area contributed by atoms with Crippen LogP contribution in [0.3, 0.4) is 0 Å². The highest BCUT2D eigenvalue weighted by molar-refractivity contribution is 7.26. The third kappa shape index (κ3) is 3.42. The summed E-state index contributed by atoms with van der Waals surface area (Å²) in [7, 11) is 2.70. The molecule has 0 aromatic rings. The molecule has 0 aromatic carbocycles. The summed E-state index contributed by atoms with van der Waals surface area (Å²) in [6, 6.07) is 0. The Morgan fingerprint density at radius 1 is 1.15 bits per heavy atom. The fourth-order valence-corrected chi connectivity index (χ4v) is 1.95. The van der Waals surface area contributed by atoms with E-state index in [9.17, 15) is 14.4 Å². The number of hydrogen-bond donors (Lipinski definition) is 4. The average molecular weight is 203 g/mol. The van der Waals surface area contributed by atoms with E-state index < -0.39 is 28.5 Å². The Labute approximate surface area is 78.8 Å². The lowest BCUT2D eigenvalue weighted by atomic mass is 11.2. The van der Waals surface area contributed by atoms with Crippen molar-refractivity contribution in [3.8, 4) is 0 Å². The largest absolute Gasteiger partial charge is 0.679 e. The summed E-state index contributed by atoms with van der Waals surface area (Å²) in [5.41, 5.74) is 4.35. The lowest BCUT2D eigenvalue weighted by Crippen LogP contribution is -2.54. The normalized spacial score (nSPS) is 8.77. The van der Waals surface area contributed by atoms with Crippen LogP contribution in [-0.2, 0) is 0 Å². The Hall–Kier alpha value is -1.10. The summed E-state index contributed by atoms with van der Waals surface area (Å²) in [5, 5.41) is 10.7. The van der Waals surface area contributed by atoms with Gasteiger partial charge in [-0.25, -0.2) is 5.43 Å². The second kappa shape index (κ2) is 5.53. The number of amides is 2. The molecule has 0 aliphatic heterocycles. The van der Waals surface area contributed by atoms with E-state index in [2.05, 4.69) is 16.2 Å². The van der Waals surface area contributed by atoms with E-state index in [0.29, 0.717) is 0 Å². The minimum atomic E-state index is -3.16. The third-order valence-electron chi connectivity index (χ3n) is 1.27. The summed E-state index contributed by atoms with van der Waals surface area (Å²) < 4.78 is -1.49. The van der Waals surface area contributed by atoms with Crippen LogP contribution in [0.15, 0.2) is 0 Å². The van der Waals surface area contributed by atoms with Crippen molar-refractivity contribution in [2.75, 3.05) is 14.1 Å². The molecule has 0 fully saturated rings. The van der Waals surface area contributed by atoms with Gasteiger partial charge in [-0.15, -0.1) is 0 Å². The topological polar surface area (TPSA) is 108 Å². The molecule has 13 heavy (non-hydrogen) atoms. The number of carboxylic acid groups (broad SMARTS) is 1. The summed E-state index contributed by atoms with van der Waals surface area (Å²) in [5.74, 6) is 0. The quantitative estimate of drug-likeness (QED) is 0.349. The van der Waals surface area contributed by atoms with Crippen molar-refractivity contribution in [2.45, 2.75) is 0 Å². The van der Waals surface area contributed by atoms with E-state index in [1.807, 2.05) is 0 Å². The lowest BCUT2D eigenvalue weighted by molar-refractivity contribution is 0.217. The first kappa shape index (κ1) is 11.9. The Kier molecular flexibility index (Phi) is 5.06. The fraction of sp³-hybridized carbons (Fsp3) is 0.400. The van der Waals surface area contributed by atoms with Crippen molar-refractivity contribution in [2.24, 2.45) is 0 Å². The van der Waals surface area contributed by atoms with Gasteiger partial charge in [0.15, 0.2) is 9.54 Å². The first-order valence-corrected chi connectivity index (χ1v) is 5.18. The molecule has 8 heteroatoms. The van der Waals surface area contributed by atoms with Crippen LogP contribution in [0, 0.1) is 0 Å². The summed E-state index contributed by atoms with van der Waals surface area (Å²) in [4.78, 5) is 31.2. The highest BCUT2D eigenvalue weighted by Crippen LogP contribution is 1.88. The van der Waals surface area contributed by atoms with Gasteiger partial charge in [0.25, 0.3) is 0 Å². The van der Waals surface area contributed by atoms with Crippen LogP contribution in [0.4, 0.5) is 14.4 Å². The SMILES string of the molecule is CNN[C](=O)[Al]([C](=O)O)[C](=O)NC. The minimum absolute atomic E-state index is 0.722. The Morgan fingerprint density at radius 3 is 2.00 bits per heavy atom. The van der Waals surface area contributed by atoms with Gasteiger partial charge in [0.1, 0.15) is 0 Å². The van der Waals surface area contributed by atoms with Crippen LogP contribution in [0.25, 0.3) is 0 Å². The van der Waals surface area contributed by atoms with Crippen molar-refractivity contribution < 1.29 is 19.5 Å². The zero-order valence-corrected chi connectivity index (χ0v) is 8.40. The highest BCUT2D eigenvalue weighted by Gasteiger charge is 2.46. The molecule has 0 saturated heterocycles. The van der Waals surface area contributed by atoms with Gasteiger partial charge in [-0.3, -0.25) is 14.4 Å². The molecule has 0 aliphatic rings. The van der Waals surface area contributed by atoms with Crippen LogP contribution in [-0.4, -0.2) is 47.7 Å². The molecule has 0 saturated carbocycles. The number of rotatable bonds is 4. The van der Waals surface area contributed by atoms with E-state index in [-0.39, 0.29) is 0 Å². The third-order valence-corrected chi connectivity index (χ3v) is 3.24. The number of carbonyl (C=O) groups is 3. The fourth-order valence-electron chi connectivity index (χ4n) is 0.683. The highest BCUT2D eigenvalue weighted by atomic mass is 27.2. The molecule has 0 spiro atoms. The van der Waals surface area contributed by atoms with E-state index >= 15 is 0 Å². The first-order valence-electron chi connectivity index (χ1n) is 3.45. The van der Waals surface area contributed by atoms with Crippen molar-refractivity contribution in [1.82, 2.24) is 16.2 Å². The maximum Gasteiger partial charge on any atom is 0.679 e. The van der Waals surface area contributed by atoms with Gasteiger partial charge in [-0.1, -0.05) is 0 Å².